The van der Waals surface area contributed by atoms with Crippen LogP contribution in [0.5, 0.6) is 0 Å². The molecule has 0 spiro atoms. The van der Waals surface area contributed by atoms with E-state index in [2.05, 4.69) is 5.32 Å². The van der Waals surface area contributed by atoms with Gasteiger partial charge in [-0.3, -0.25) is 14.4 Å². The molecule has 0 saturated carbocycles. The van der Waals surface area contributed by atoms with Crippen molar-refractivity contribution >= 4 is 32.8 Å². The summed E-state index contributed by atoms with van der Waals surface area (Å²) in [5.74, 6) is -0.365. The molecule has 0 aromatic heterocycles. The number of nitrogens with zero attached hydrogens (tertiary/aromatic N) is 1. The second-order valence-electron chi connectivity index (χ2n) is 10.7. The van der Waals surface area contributed by atoms with Crippen molar-refractivity contribution in [1.29, 1.82) is 0 Å². The topological polar surface area (TPSA) is 101 Å². The van der Waals surface area contributed by atoms with E-state index < -0.39 is 10.3 Å². The predicted octanol–water partition coefficient (Wildman–Crippen LogP) is 4.53. The molecule has 2 aromatic carbocycles. The van der Waals surface area contributed by atoms with E-state index in [0.717, 1.165) is 11.1 Å². The Kier molecular flexibility index (Phi) is 10.6. The molecule has 1 N–H and O–H groups in total. The van der Waals surface area contributed by atoms with E-state index in [1.165, 1.54) is 17.2 Å². The fraction of sp³-hybridized carbons (Fsp3) is 0.294. The number of benzene rings is 2. The third-order valence-electron chi connectivity index (χ3n) is 7.33. The number of amides is 2. The highest BCUT2D eigenvalue weighted by Gasteiger charge is 2.28. The first-order valence-electron chi connectivity index (χ1n) is 14.1. The second kappa shape index (κ2) is 14.5. The summed E-state index contributed by atoms with van der Waals surface area (Å²) in [4.78, 5) is 41.0. The van der Waals surface area contributed by atoms with Crippen LogP contribution in [0.4, 0.5) is 0 Å². The number of ketones is 1. The van der Waals surface area contributed by atoms with Gasteiger partial charge < -0.3 is 10.2 Å². The number of rotatable bonds is 9. The Balaban J connectivity index is 1.39. The second-order valence-corrected chi connectivity index (χ2v) is 11.7. The molecule has 1 fully saturated rings. The van der Waals surface area contributed by atoms with Crippen molar-refractivity contribution in [1.82, 2.24) is 10.2 Å². The third-order valence-corrected chi connectivity index (χ3v) is 8.06. The smallest absolute Gasteiger partial charge is 0.224 e. The molecule has 4 rings (SSSR count). The quantitative estimate of drug-likeness (QED) is 0.345. The summed E-state index contributed by atoms with van der Waals surface area (Å²) >= 11 is 0. The molecular formula is C34H36N2O5S. The summed E-state index contributed by atoms with van der Waals surface area (Å²) in [7, 11) is -2.27. The highest BCUT2D eigenvalue weighted by atomic mass is 32.2. The van der Waals surface area contributed by atoms with Crippen LogP contribution < -0.4 is 5.32 Å². The van der Waals surface area contributed by atoms with Crippen molar-refractivity contribution in [2.24, 2.45) is 0 Å². The van der Waals surface area contributed by atoms with Gasteiger partial charge in [-0.15, -0.1) is 0 Å². The van der Waals surface area contributed by atoms with Crippen LogP contribution in [-0.2, 0) is 37.5 Å². The maximum Gasteiger partial charge on any atom is 0.224 e. The van der Waals surface area contributed by atoms with Crippen molar-refractivity contribution in [3.8, 4) is 0 Å². The molecule has 1 aliphatic carbocycles. The van der Waals surface area contributed by atoms with Crippen LogP contribution in [0.3, 0.4) is 0 Å². The van der Waals surface area contributed by atoms with Gasteiger partial charge in [-0.25, -0.2) is 0 Å². The van der Waals surface area contributed by atoms with Gasteiger partial charge in [0.1, 0.15) is 0 Å². The number of allylic oxidation sites excluding steroid dienone is 5. The van der Waals surface area contributed by atoms with E-state index in [-0.39, 0.29) is 54.8 Å². The summed E-state index contributed by atoms with van der Waals surface area (Å²) in [5, 5.41) is 2.76. The van der Waals surface area contributed by atoms with E-state index in [9.17, 15) is 22.8 Å². The normalized spacial score (nSPS) is 17.0. The summed E-state index contributed by atoms with van der Waals surface area (Å²) in [6.07, 6.45) is 10.6. The first kappa shape index (κ1) is 30.7. The monoisotopic (exact) mass is 584 g/mol. The number of aryl methyl sites for hydroxylation is 2. The summed E-state index contributed by atoms with van der Waals surface area (Å²) in [6.45, 7) is 4.55. The van der Waals surface area contributed by atoms with Gasteiger partial charge in [0.05, 0.1) is 4.86 Å². The van der Waals surface area contributed by atoms with E-state index in [0.29, 0.717) is 36.1 Å². The zero-order chi connectivity index (χ0) is 30.1. The highest BCUT2D eigenvalue weighted by Crippen LogP contribution is 2.21. The number of nitrogens with one attached hydrogen (secondary N) is 1. The number of carbonyl (C=O) groups is 3. The molecule has 42 heavy (non-hydrogen) atoms. The van der Waals surface area contributed by atoms with E-state index in [1.54, 1.807) is 17.1 Å². The first-order chi connectivity index (χ1) is 20.2. The first-order valence-corrected chi connectivity index (χ1v) is 15.2. The van der Waals surface area contributed by atoms with Gasteiger partial charge in [0.2, 0.25) is 22.1 Å². The van der Waals surface area contributed by atoms with Crippen molar-refractivity contribution in [2.75, 3.05) is 13.1 Å². The lowest BCUT2D eigenvalue weighted by molar-refractivity contribution is -0.131. The fourth-order valence-corrected chi connectivity index (χ4v) is 5.16. The van der Waals surface area contributed by atoms with E-state index >= 15 is 0 Å². The minimum absolute atomic E-state index is 0.0207. The molecular weight excluding hydrogens is 548 g/mol. The van der Waals surface area contributed by atoms with Gasteiger partial charge in [-0.05, 0) is 56.4 Å². The summed E-state index contributed by atoms with van der Waals surface area (Å²) in [6, 6.07) is 16.3. The Morgan fingerprint density at radius 3 is 1.86 bits per heavy atom. The van der Waals surface area contributed by atoms with Crippen molar-refractivity contribution in [3.05, 3.63) is 118 Å². The largest absolute Gasteiger partial charge is 0.334 e. The standard InChI is InChI=1S/C34H36N2O5S/c1-24-6-10-26(11-7-24)14-16-28-22-36(23-29(34(28)39)17-15-27-12-8-25(2)9-13-27)33(38)5-3-4-32(37)35-30-18-20-31(21-19-30)42(40)41/h6-13,16-20H,3-5,14-15,21-23H2,1-2H3,(H,35,37)/b28-16+,29-17+. The van der Waals surface area contributed by atoms with Gasteiger partial charge in [-0.1, -0.05) is 77.9 Å². The Bertz CT molecular complexity index is 1530. The Hall–Kier alpha value is -4.30. The molecule has 2 aliphatic rings. The molecule has 1 saturated heterocycles. The maximum absolute atomic E-state index is 13.4. The van der Waals surface area contributed by atoms with E-state index in [4.69, 9.17) is 0 Å². The van der Waals surface area contributed by atoms with Gasteiger partial charge in [0, 0.05) is 49.2 Å². The van der Waals surface area contributed by atoms with Crippen LogP contribution in [0.25, 0.3) is 0 Å². The van der Waals surface area contributed by atoms with Crippen LogP contribution in [0, 0.1) is 13.8 Å². The SMILES string of the molecule is Cc1ccc(C/C=C2\CN(C(=O)CCCC(=O)NC3=CCC(=S(=O)=O)C=C3)C/C(=C\Cc3ccc(C)cc3)C2=O)cc1. The summed E-state index contributed by atoms with van der Waals surface area (Å²) < 4.78 is 22.1. The molecule has 0 bridgehead atoms. The zero-order valence-corrected chi connectivity index (χ0v) is 24.9. The lowest BCUT2D eigenvalue weighted by atomic mass is 9.94. The molecule has 8 heteroatoms. The number of Topliss-reactive ketones (excluding diaryl/α,β-unsaturated/α-hetero) is 1. The van der Waals surface area contributed by atoms with Crippen molar-refractivity contribution < 1.29 is 22.8 Å². The van der Waals surface area contributed by atoms with Gasteiger partial charge in [0.25, 0.3) is 0 Å². The molecule has 0 atom stereocenters. The Morgan fingerprint density at radius 1 is 0.833 bits per heavy atom. The van der Waals surface area contributed by atoms with Gasteiger partial charge >= 0.3 is 0 Å². The molecule has 2 aromatic rings. The molecule has 0 unspecified atom stereocenters. The summed E-state index contributed by atoms with van der Waals surface area (Å²) in [5.41, 5.74) is 6.29. The lowest BCUT2D eigenvalue weighted by Gasteiger charge is -2.30. The fourth-order valence-electron chi connectivity index (χ4n) is 4.77. The highest BCUT2D eigenvalue weighted by molar-refractivity contribution is 7.73. The number of hydrogen-bond donors (Lipinski definition) is 1. The molecule has 7 nitrogen and oxygen atoms in total. The molecule has 218 valence electrons. The maximum atomic E-state index is 13.4. The van der Waals surface area contributed by atoms with Crippen LogP contribution in [0.15, 0.2) is 95.8 Å². The number of hydrogen-bond acceptors (Lipinski definition) is 5. The number of carbonyl (C=O) groups excluding carboxylic acids is 3. The minimum Gasteiger partial charge on any atom is -0.334 e. The van der Waals surface area contributed by atoms with E-state index in [1.807, 2.05) is 74.5 Å². The third kappa shape index (κ3) is 8.85. The zero-order valence-electron chi connectivity index (χ0n) is 24.1. The predicted molar refractivity (Wildman–Crippen MR) is 165 cm³/mol. The van der Waals surface area contributed by atoms with Crippen molar-refractivity contribution in [2.45, 2.75) is 52.4 Å². The van der Waals surface area contributed by atoms with Gasteiger partial charge in [-0.2, -0.15) is 8.42 Å². The van der Waals surface area contributed by atoms with Crippen LogP contribution >= 0.6 is 0 Å². The van der Waals surface area contributed by atoms with Crippen LogP contribution in [-0.4, -0.2) is 48.9 Å². The van der Waals surface area contributed by atoms with Crippen LogP contribution in [0.1, 0.15) is 47.9 Å². The number of piperidine rings is 1. The minimum atomic E-state index is -2.27. The number of likely N-dealkylation sites (tertiary alicyclic amines) is 1. The molecule has 0 radical (unpaired) electrons. The van der Waals surface area contributed by atoms with Crippen LogP contribution in [0.2, 0.25) is 0 Å². The molecule has 1 aliphatic heterocycles. The molecule has 1 heterocycles. The van der Waals surface area contributed by atoms with Crippen molar-refractivity contribution in [3.63, 3.8) is 0 Å². The Morgan fingerprint density at radius 2 is 1.38 bits per heavy atom. The van der Waals surface area contributed by atoms with Gasteiger partial charge in [0.15, 0.2) is 5.78 Å². The Labute approximate surface area is 248 Å². The molecule has 2 amide bonds. The average molecular weight is 585 g/mol. The lowest BCUT2D eigenvalue weighted by Crippen LogP contribution is -2.41. The average Bonchev–Trinajstić information content (AvgIpc) is 2.97.